The van der Waals surface area contributed by atoms with Gasteiger partial charge in [-0.05, 0) is 86.9 Å². The summed E-state index contributed by atoms with van der Waals surface area (Å²) in [6.45, 7) is 13.2. The highest BCUT2D eigenvalue weighted by Crippen LogP contribution is 2.24. The summed E-state index contributed by atoms with van der Waals surface area (Å²) in [7, 11) is 0. The molecule has 0 radical (unpaired) electrons. The molecule has 0 aromatic rings. The van der Waals surface area contributed by atoms with Crippen LogP contribution >= 0.6 is 12.6 Å². The summed E-state index contributed by atoms with van der Waals surface area (Å²) < 4.78 is 0. The van der Waals surface area contributed by atoms with E-state index in [0.29, 0.717) is 0 Å². The Morgan fingerprint density at radius 2 is 0.627 bits per heavy atom. The van der Waals surface area contributed by atoms with Gasteiger partial charge in [0.2, 0.25) is 88.6 Å². The van der Waals surface area contributed by atoms with Crippen molar-refractivity contribution in [2.75, 3.05) is 65.1 Å². The van der Waals surface area contributed by atoms with Gasteiger partial charge in [-0.2, -0.15) is 12.6 Å². The number of carbonyl (C=O) groups is 16. The van der Waals surface area contributed by atoms with Crippen molar-refractivity contribution in [1.29, 1.82) is 0 Å². The lowest BCUT2D eigenvalue weighted by Gasteiger charge is -2.32. The molecule has 40 nitrogen and oxygen atoms in total. The third-order valence-corrected chi connectivity index (χ3v) is 18.6. The van der Waals surface area contributed by atoms with Crippen molar-refractivity contribution in [2.24, 2.45) is 41.2 Å². The highest BCUT2D eigenvalue weighted by molar-refractivity contribution is 7.80. The number of aliphatic hydroxyl groups excluding tert-OH is 7. The van der Waals surface area contributed by atoms with Gasteiger partial charge >= 0.3 is 5.97 Å². The van der Waals surface area contributed by atoms with E-state index in [9.17, 15) is 118 Å². The molecule has 0 bridgehead atoms. The minimum Gasteiger partial charge on any atom is -0.480 e. The molecule has 0 spiro atoms. The number of aliphatic carboxylic acids is 1. The van der Waals surface area contributed by atoms with Crippen LogP contribution in [0.5, 0.6) is 0 Å². The normalized spacial score (nSPS) is 18.4. The first-order valence-corrected chi connectivity index (χ1v) is 37.7. The number of nitrogens with zero attached hydrogens (tertiary/aromatic N) is 2. The molecule has 0 aromatic heterocycles. The molecule has 2 aliphatic rings. The summed E-state index contributed by atoms with van der Waals surface area (Å²) in [5, 5.41) is 111. The number of amides is 15. The lowest BCUT2D eigenvalue weighted by Crippen LogP contribution is -2.62. The Morgan fingerprint density at radius 3 is 0.955 bits per heavy atom. The van der Waals surface area contributed by atoms with Crippen LogP contribution in [0.25, 0.3) is 0 Å². The minimum atomic E-state index is -1.76. The van der Waals surface area contributed by atoms with Crippen LogP contribution in [0.4, 0.5) is 0 Å². The molecule has 23 N–H and O–H groups in total. The molecule has 2 saturated heterocycles. The Balaban J connectivity index is 2.27. The van der Waals surface area contributed by atoms with Gasteiger partial charge in [0, 0.05) is 18.8 Å². The third-order valence-electron chi connectivity index (χ3n) is 18.3. The summed E-state index contributed by atoms with van der Waals surface area (Å²) in [5.74, 6) is -18.7. The van der Waals surface area contributed by atoms with Crippen LogP contribution < -0.4 is 74.9 Å². The fourth-order valence-corrected chi connectivity index (χ4v) is 12.2. The number of nitrogens with two attached hydrogens (primary N) is 1. The van der Waals surface area contributed by atoms with Gasteiger partial charge in [0.15, 0.2) is 0 Å². The van der Waals surface area contributed by atoms with Crippen LogP contribution in [0.1, 0.15) is 141 Å². The number of hydrogen-bond acceptors (Lipinski definition) is 25. The van der Waals surface area contributed by atoms with Crippen molar-refractivity contribution >= 4 is 107 Å². The first kappa shape index (κ1) is 97.6. The van der Waals surface area contributed by atoms with E-state index in [1.807, 2.05) is 0 Å². The van der Waals surface area contributed by atoms with Gasteiger partial charge in [0.25, 0.3) is 0 Å². The topological polar surface area (TPSA) is 624 Å². The number of carboxylic acids is 1. The van der Waals surface area contributed by atoms with Gasteiger partial charge in [0.1, 0.15) is 96.7 Å². The van der Waals surface area contributed by atoms with Crippen molar-refractivity contribution in [2.45, 2.75) is 238 Å². The molecular weight excluding hydrogens is 1470 g/mol. The van der Waals surface area contributed by atoms with Gasteiger partial charge in [0.05, 0.1) is 46.2 Å². The van der Waals surface area contributed by atoms with Crippen LogP contribution in [0.3, 0.4) is 0 Å². The monoisotopic (exact) mass is 1590 g/mol. The molecule has 41 heteroatoms. The van der Waals surface area contributed by atoms with Crippen LogP contribution in [0, 0.1) is 35.5 Å². The molecule has 0 saturated carbocycles. The molecule has 17 atom stereocenters. The van der Waals surface area contributed by atoms with Gasteiger partial charge in [-0.1, -0.05) is 89.5 Å². The average Bonchev–Trinajstić information content (AvgIpc) is 1.63. The molecular formula is C69H120N16O24S. The minimum absolute atomic E-state index is 0.00387. The summed E-state index contributed by atoms with van der Waals surface area (Å²) >= 11 is 4.25. The maximum atomic E-state index is 14.6. The number of hydrogen-bond donors (Lipinski definition) is 23. The quantitative estimate of drug-likeness (QED) is 0.0252. The Labute approximate surface area is 645 Å². The van der Waals surface area contributed by atoms with Crippen molar-refractivity contribution in [3.05, 3.63) is 0 Å². The maximum absolute atomic E-state index is 14.6. The zero-order valence-corrected chi connectivity index (χ0v) is 65.6. The first-order chi connectivity index (χ1) is 51.6. The van der Waals surface area contributed by atoms with Crippen LogP contribution in [-0.2, 0) is 76.7 Å². The lowest BCUT2D eigenvalue weighted by atomic mass is 9.96. The fourth-order valence-electron chi connectivity index (χ4n) is 11.9. The van der Waals surface area contributed by atoms with E-state index in [-0.39, 0.29) is 94.5 Å². The Kier molecular flexibility index (Phi) is 42.9. The van der Waals surface area contributed by atoms with Crippen molar-refractivity contribution in [3.8, 4) is 0 Å². The van der Waals surface area contributed by atoms with Gasteiger partial charge < -0.3 is 126 Å². The molecule has 15 amide bonds. The van der Waals surface area contributed by atoms with Gasteiger partial charge in [-0.15, -0.1) is 0 Å². The Hall–Kier alpha value is -8.45. The second-order valence-corrected chi connectivity index (χ2v) is 29.9. The molecule has 0 unspecified atom stereocenters. The molecule has 626 valence electrons. The summed E-state index contributed by atoms with van der Waals surface area (Å²) in [4.78, 5) is 220. The third kappa shape index (κ3) is 30.7. The van der Waals surface area contributed by atoms with E-state index >= 15 is 0 Å². The summed E-state index contributed by atoms with van der Waals surface area (Å²) in [6.07, 6.45) is 0.731. The van der Waals surface area contributed by atoms with Crippen molar-refractivity contribution in [3.63, 3.8) is 0 Å². The SMILES string of the molecule is CC[C@H](C)[C@H](NC(=O)[C@H](CO)NC(=O)[C@H](CO)NC(=O)[C@@H](N)CO)C(=O)N[C@@H](CC(C)C)C(=O)N[C@@H](CS)C(=O)N[C@@H](CO)C(=O)N1CCC[C@H]1C(=O)N[C@@H](CC(C)C)C(=O)N1CCC[C@H]1C(=O)N[C@@H](CO)C(=O)N[C@@H](CC(C)C)C(=O)N[C@@H](CO)C(=O)N[C@@H](CC(C)C)C(=O)N[C@@H](CO)C(=O)N[C@H](C(=O)O)C(C)C. The zero-order valence-electron chi connectivity index (χ0n) is 64.7. The van der Waals surface area contributed by atoms with Crippen molar-refractivity contribution in [1.82, 2.24) is 78.9 Å². The zero-order chi connectivity index (χ0) is 83.7. The lowest BCUT2D eigenvalue weighted by molar-refractivity contribution is -0.145. The number of carboxylic acid groups (broad SMARTS) is 1. The van der Waals surface area contributed by atoms with E-state index in [1.165, 1.54) is 18.7 Å². The molecule has 2 fully saturated rings. The maximum Gasteiger partial charge on any atom is 0.326 e. The van der Waals surface area contributed by atoms with E-state index in [0.717, 1.165) is 4.90 Å². The standard InChI is InChI=1S/C69H120N16O24S/c1-13-37(12)53(83-62(101)47(29-91)78-60(99)43(25-87)75-54(93)38(70)24-86)66(105)73-41(22-34(6)7)57(96)81-49(31-110)63(102)80-48(30-92)68(107)85-19-15-16-50(85)64(103)74-42(23-35(8)9)67(106)84-18-14-17-51(84)65(104)79-45(27-89)59(98)72-39(20-32(2)3)55(94)76-44(26-88)58(97)71-40(21-33(4)5)56(95)77-46(28-90)61(100)82-52(36(10)11)69(108)109/h32-53,86-92,110H,13-31,70H2,1-12H3,(H,71,97)(H,72,98)(H,73,105)(H,74,103)(H,75,93)(H,76,94)(H,77,95)(H,78,99)(H,79,104)(H,80,102)(H,81,96)(H,82,100)(H,83,101)(H,108,109)/t37-,38-,39-,40-,41-,42-,43-,44-,45-,46-,47-,48-,49-,50-,51-,52-,53-/m0/s1. The first-order valence-electron chi connectivity index (χ1n) is 37.1. The number of nitrogens with one attached hydrogen (secondary N) is 13. The number of rotatable bonds is 48. The fraction of sp³-hybridized carbons (Fsp3) is 0.768. The van der Waals surface area contributed by atoms with E-state index in [2.05, 4.69) is 81.7 Å². The largest absolute Gasteiger partial charge is 0.480 e. The number of carbonyl (C=O) groups excluding carboxylic acids is 15. The van der Waals surface area contributed by atoms with E-state index < -0.39 is 255 Å². The molecule has 110 heavy (non-hydrogen) atoms. The number of likely N-dealkylation sites (tertiary alicyclic amines) is 2. The Bertz CT molecular complexity index is 3130. The molecule has 2 aliphatic heterocycles. The Morgan fingerprint density at radius 1 is 0.355 bits per heavy atom. The van der Waals surface area contributed by atoms with Crippen LogP contribution in [0.15, 0.2) is 0 Å². The van der Waals surface area contributed by atoms with E-state index in [1.54, 1.807) is 69.2 Å². The highest BCUT2D eigenvalue weighted by Gasteiger charge is 2.44. The predicted octanol–water partition coefficient (Wildman–Crippen LogP) is -8.55. The summed E-state index contributed by atoms with van der Waals surface area (Å²) in [6, 6.07) is -24.2. The second-order valence-electron chi connectivity index (χ2n) is 29.6. The smallest absolute Gasteiger partial charge is 0.326 e. The van der Waals surface area contributed by atoms with Gasteiger partial charge in [-0.25, -0.2) is 4.79 Å². The van der Waals surface area contributed by atoms with Crippen molar-refractivity contribution < 1.29 is 118 Å². The van der Waals surface area contributed by atoms with Crippen LogP contribution in [-0.4, -0.2) is 307 Å². The van der Waals surface area contributed by atoms with Crippen LogP contribution in [0.2, 0.25) is 0 Å². The second kappa shape index (κ2) is 48.4. The average molecular weight is 1590 g/mol. The number of aliphatic hydroxyl groups is 7. The van der Waals surface area contributed by atoms with E-state index in [4.69, 9.17) is 5.73 Å². The molecule has 0 aromatic carbocycles. The molecule has 2 heterocycles. The number of thiol groups is 1. The predicted molar refractivity (Wildman–Crippen MR) is 396 cm³/mol. The highest BCUT2D eigenvalue weighted by atomic mass is 32.1. The molecule has 2 rings (SSSR count). The summed E-state index contributed by atoms with van der Waals surface area (Å²) in [5.41, 5.74) is 5.47. The molecule has 0 aliphatic carbocycles. The van der Waals surface area contributed by atoms with Gasteiger partial charge in [-0.3, -0.25) is 71.9 Å².